The zero-order chi connectivity index (χ0) is 25.6. The number of anilines is 1. The monoisotopic (exact) mass is 476 g/mol. The van der Waals surface area contributed by atoms with Gasteiger partial charge in [-0.15, -0.1) is 0 Å². The first kappa shape index (κ1) is 23.2. The molecule has 2 aromatic carbocycles. The molecule has 0 spiro atoms. The molecule has 3 heterocycles. The Hall–Kier alpha value is -3.52. The van der Waals surface area contributed by atoms with Crippen LogP contribution in [0.15, 0.2) is 30.3 Å². The Morgan fingerprint density at radius 3 is 2.11 bits per heavy atom. The molecular weight excluding hydrogens is 448 g/mol. The van der Waals surface area contributed by atoms with Crippen LogP contribution in [-0.4, -0.2) is 45.5 Å². The van der Waals surface area contributed by atoms with Gasteiger partial charge in [0.25, 0.3) is 17.7 Å². The van der Waals surface area contributed by atoms with Gasteiger partial charge in [0.15, 0.2) is 6.23 Å². The molecule has 3 amide bonds. The van der Waals surface area contributed by atoms with E-state index in [4.69, 9.17) is 4.74 Å². The minimum atomic E-state index is -1.09. The van der Waals surface area contributed by atoms with Crippen molar-refractivity contribution in [2.75, 3.05) is 4.90 Å². The summed E-state index contributed by atoms with van der Waals surface area (Å²) in [4.78, 5) is 54.6. The van der Waals surface area contributed by atoms with E-state index in [1.165, 1.54) is 21.9 Å². The summed E-state index contributed by atoms with van der Waals surface area (Å²) < 4.78 is 5.85. The zero-order valence-corrected chi connectivity index (χ0v) is 20.6. The molecule has 3 aliphatic heterocycles. The second kappa shape index (κ2) is 7.24. The summed E-state index contributed by atoms with van der Waals surface area (Å²) in [5.41, 5.74) is 1.63. The van der Waals surface area contributed by atoms with Gasteiger partial charge in [-0.05, 0) is 67.1 Å². The number of epoxide rings is 1. The number of fused-ring (bicyclic) bond motifs is 4. The van der Waals surface area contributed by atoms with Gasteiger partial charge in [0.1, 0.15) is 6.10 Å². The van der Waals surface area contributed by atoms with Crippen molar-refractivity contribution in [3.8, 4) is 0 Å². The van der Waals surface area contributed by atoms with Gasteiger partial charge in [0.05, 0.1) is 16.7 Å². The van der Waals surface area contributed by atoms with Gasteiger partial charge < -0.3 is 9.84 Å². The van der Waals surface area contributed by atoms with Crippen LogP contribution in [0.4, 0.5) is 5.69 Å². The molecule has 1 N–H and O–H groups in total. The smallest absolute Gasteiger partial charge is 0.335 e. The van der Waals surface area contributed by atoms with Crippen LogP contribution in [0.1, 0.15) is 107 Å². The van der Waals surface area contributed by atoms with Gasteiger partial charge in [-0.1, -0.05) is 27.7 Å². The van der Waals surface area contributed by atoms with E-state index in [9.17, 15) is 24.3 Å². The number of carboxylic acids is 1. The van der Waals surface area contributed by atoms with Gasteiger partial charge in [0, 0.05) is 16.8 Å². The molecule has 8 nitrogen and oxygen atoms in total. The SMILES string of the molecule is CCC(C)(C)N1C(=O)c2cc3c(cc2C1=O)C1OC1N(c1cc(C(=O)O)cc(C(C)(C)C)c1)C3=O. The molecular formula is C27H28N2O6. The van der Waals surface area contributed by atoms with E-state index in [1.54, 1.807) is 12.1 Å². The summed E-state index contributed by atoms with van der Waals surface area (Å²) in [6.07, 6.45) is -0.453. The fourth-order valence-corrected chi connectivity index (χ4v) is 4.78. The van der Waals surface area contributed by atoms with Crippen LogP contribution in [0.5, 0.6) is 0 Å². The molecule has 182 valence electrons. The number of benzene rings is 2. The molecule has 2 unspecified atom stereocenters. The second-order valence-electron chi connectivity index (χ2n) is 11.0. The lowest BCUT2D eigenvalue weighted by molar-refractivity contribution is 0.0473. The number of carbonyl (C=O) groups is 4. The minimum absolute atomic E-state index is 0.0791. The standard InChI is InChI=1S/C27H28N2O6/c1-7-27(5,6)29-22(31)18-11-16-17(12-19(18)23(29)32)21(30)28(24-20(16)35-24)15-9-13(25(33)34)8-14(10-15)26(2,3)4/h8-12,20,24H,7H2,1-6H3,(H,33,34). The average Bonchev–Trinajstić information content (AvgIpc) is 3.53. The Kier molecular flexibility index (Phi) is 4.81. The number of rotatable bonds is 4. The van der Waals surface area contributed by atoms with Gasteiger partial charge in [-0.25, -0.2) is 4.79 Å². The van der Waals surface area contributed by atoms with Crippen molar-refractivity contribution < 1.29 is 29.0 Å². The molecule has 1 fully saturated rings. The molecule has 0 aliphatic carbocycles. The summed E-state index contributed by atoms with van der Waals surface area (Å²) >= 11 is 0. The van der Waals surface area contributed by atoms with E-state index < -0.39 is 35.7 Å². The topological polar surface area (TPSA) is 108 Å². The fourth-order valence-electron chi connectivity index (χ4n) is 4.78. The third-order valence-corrected chi connectivity index (χ3v) is 7.31. The number of hydrogen-bond donors (Lipinski definition) is 1. The van der Waals surface area contributed by atoms with Crippen LogP contribution < -0.4 is 4.90 Å². The molecule has 0 bridgehead atoms. The molecule has 0 radical (unpaired) electrons. The highest BCUT2D eigenvalue weighted by atomic mass is 16.6. The summed E-state index contributed by atoms with van der Waals surface area (Å²) in [5.74, 6) is -2.26. The highest BCUT2D eigenvalue weighted by Gasteiger charge is 2.55. The number of hydrogen-bond acceptors (Lipinski definition) is 5. The Labute approximate surface area is 203 Å². The molecule has 2 aromatic rings. The summed E-state index contributed by atoms with van der Waals surface area (Å²) in [7, 11) is 0. The van der Waals surface area contributed by atoms with Crippen LogP contribution in [0.25, 0.3) is 0 Å². The van der Waals surface area contributed by atoms with E-state index in [1.807, 2.05) is 47.6 Å². The highest BCUT2D eigenvalue weighted by Crippen LogP contribution is 2.50. The van der Waals surface area contributed by atoms with Crippen molar-refractivity contribution in [3.05, 3.63) is 63.7 Å². The van der Waals surface area contributed by atoms with E-state index in [-0.39, 0.29) is 33.6 Å². The molecule has 1 saturated heterocycles. The lowest BCUT2D eigenvalue weighted by atomic mass is 9.85. The highest BCUT2D eigenvalue weighted by molar-refractivity contribution is 6.23. The van der Waals surface area contributed by atoms with E-state index >= 15 is 0 Å². The minimum Gasteiger partial charge on any atom is -0.478 e. The Morgan fingerprint density at radius 2 is 1.54 bits per heavy atom. The van der Waals surface area contributed by atoms with Crippen molar-refractivity contribution in [2.45, 2.75) is 71.2 Å². The van der Waals surface area contributed by atoms with Crippen molar-refractivity contribution in [3.63, 3.8) is 0 Å². The third-order valence-electron chi connectivity index (χ3n) is 7.31. The van der Waals surface area contributed by atoms with Crippen LogP contribution in [0, 0.1) is 0 Å². The quantitative estimate of drug-likeness (QED) is 0.513. The van der Waals surface area contributed by atoms with Crippen molar-refractivity contribution in [1.82, 2.24) is 4.90 Å². The second-order valence-corrected chi connectivity index (χ2v) is 11.0. The molecule has 5 rings (SSSR count). The summed E-state index contributed by atoms with van der Waals surface area (Å²) in [5, 5.41) is 9.66. The number of carbonyl (C=O) groups excluding carboxylic acids is 3. The number of imide groups is 1. The molecule has 8 heteroatoms. The van der Waals surface area contributed by atoms with Crippen molar-refractivity contribution in [2.24, 2.45) is 0 Å². The fraction of sp³-hybridized carbons (Fsp3) is 0.407. The van der Waals surface area contributed by atoms with Gasteiger partial charge >= 0.3 is 5.97 Å². The largest absolute Gasteiger partial charge is 0.478 e. The van der Waals surface area contributed by atoms with Crippen LogP contribution in [0.3, 0.4) is 0 Å². The van der Waals surface area contributed by atoms with Crippen molar-refractivity contribution >= 4 is 29.4 Å². The maximum atomic E-state index is 13.7. The summed E-state index contributed by atoms with van der Waals surface area (Å²) in [6.45, 7) is 11.5. The zero-order valence-electron chi connectivity index (χ0n) is 20.6. The van der Waals surface area contributed by atoms with Gasteiger partial charge in [0.2, 0.25) is 0 Å². The van der Waals surface area contributed by atoms with Crippen molar-refractivity contribution in [1.29, 1.82) is 0 Å². The van der Waals surface area contributed by atoms with Gasteiger partial charge in [-0.2, -0.15) is 0 Å². The first-order valence-corrected chi connectivity index (χ1v) is 11.7. The van der Waals surface area contributed by atoms with E-state index in [0.29, 0.717) is 17.7 Å². The third kappa shape index (κ3) is 3.38. The van der Waals surface area contributed by atoms with Crippen LogP contribution >= 0.6 is 0 Å². The number of aromatic carboxylic acids is 1. The molecule has 0 aromatic heterocycles. The normalized spacial score (nSPS) is 21.1. The van der Waals surface area contributed by atoms with Crippen LogP contribution in [0.2, 0.25) is 0 Å². The maximum absolute atomic E-state index is 13.7. The number of ether oxygens (including phenoxy) is 1. The maximum Gasteiger partial charge on any atom is 0.335 e. The Bertz CT molecular complexity index is 1340. The lowest BCUT2D eigenvalue weighted by Gasteiger charge is -2.32. The molecule has 3 aliphatic rings. The van der Waals surface area contributed by atoms with E-state index in [0.717, 1.165) is 5.56 Å². The Balaban J connectivity index is 1.61. The number of carboxylic acid groups (broad SMARTS) is 1. The molecule has 35 heavy (non-hydrogen) atoms. The van der Waals surface area contributed by atoms with E-state index in [2.05, 4.69) is 0 Å². The van der Waals surface area contributed by atoms with Gasteiger partial charge in [-0.3, -0.25) is 24.2 Å². The molecule has 2 atom stereocenters. The number of nitrogens with zero attached hydrogens (tertiary/aromatic N) is 2. The first-order chi connectivity index (χ1) is 16.3. The predicted octanol–water partition coefficient (Wildman–Crippen LogP) is 4.52. The Morgan fingerprint density at radius 1 is 0.914 bits per heavy atom. The lowest BCUT2D eigenvalue weighted by Crippen LogP contribution is -2.47. The summed E-state index contributed by atoms with van der Waals surface area (Å²) in [6, 6.07) is 8.00. The first-order valence-electron chi connectivity index (χ1n) is 11.7. The van der Waals surface area contributed by atoms with Crippen LogP contribution in [-0.2, 0) is 10.2 Å². The molecule has 0 saturated carbocycles. The average molecular weight is 477 g/mol. The predicted molar refractivity (Wildman–Crippen MR) is 128 cm³/mol. The number of amides is 3.